The molecule has 1 saturated heterocycles. The Morgan fingerprint density at radius 3 is 2.56 bits per heavy atom. The van der Waals surface area contributed by atoms with Crippen LogP contribution >= 0.6 is 27.5 Å². The van der Waals surface area contributed by atoms with Gasteiger partial charge in [0.05, 0.1) is 11.1 Å². The monoisotopic (exact) mass is 625 g/mol. The molecule has 0 aliphatic carbocycles. The van der Waals surface area contributed by atoms with Crippen molar-refractivity contribution in [2.45, 2.75) is 30.4 Å². The molecule has 7 nitrogen and oxygen atoms in total. The molecule has 1 N–H and O–H groups in total. The first-order valence-electron chi connectivity index (χ1n) is 12.3. The molecule has 1 amide bonds. The van der Waals surface area contributed by atoms with Gasteiger partial charge in [0.1, 0.15) is 18.4 Å². The number of amides is 1. The number of halogens is 2. The number of hydrazone groups is 1. The predicted molar refractivity (Wildman–Crippen MR) is 157 cm³/mol. The molecule has 200 valence electrons. The van der Waals surface area contributed by atoms with E-state index in [1.807, 2.05) is 60.7 Å². The van der Waals surface area contributed by atoms with Gasteiger partial charge in [-0.2, -0.15) is 9.41 Å². The van der Waals surface area contributed by atoms with Crippen LogP contribution in [0, 0.1) is 0 Å². The van der Waals surface area contributed by atoms with Gasteiger partial charge in [0.15, 0.2) is 0 Å². The van der Waals surface area contributed by atoms with Crippen LogP contribution in [0.25, 0.3) is 10.8 Å². The van der Waals surface area contributed by atoms with E-state index in [1.165, 1.54) is 28.6 Å². The molecule has 4 aromatic rings. The van der Waals surface area contributed by atoms with E-state index in [1.54, 1.807) is 6.21 Å². The van der Waals surface area contributed by atoms with E-state index in [0.717, 1.165) is 20.8 Å². The number of rotatable bonds is 8. The molecule has 0 radical (unpaired) electrons. The molecule has 1 atom stereocenters. The largest absolute Gasteiger partial charge is 0.488 e. The summed E-state index contributed by atoms with van der Waals surface area (Å²) < 4.78 is 34.7. The van der Waals surface area contributed by atoms with Gasteiger partial charge in [-0.3, -0.25) is 4.79 Å². The fourth-order valence-electron chi connectivity index (χ4n) is 4.54. The average molecular weight is 627 g/mol. The molecule has 0 bridgehead atoms. The van der Waals surface area contributed by atoms with Crippen molar-refractivity contribution in [1.82, 2.24) is 9.73 Å². The van der Waals surface area contributed by atoms with Crippen molar-refractivity contribution in [2.75, 3.05) is 6.54 Å². The number of nitrogens with zero attached hydrogens (tertiary/aromatic N) is 2. The van der Waals surface area contributed by atoms with Gasteiger partial charge in [0, 0.05) is 21.6 Å². The highest BCUT2D eigenvalue weighted by Crippen LogP contribution is 2.29. The molecule has 0 unspecified atom stereocenters. The van der Waals surface area contributed by atoms with Crippen LogP contribution in [0.2, 0.25) is 5.02 Å². The van der Waals surface area contributed by atoms with E-state index in [9.17, 15) is 13.2 Å². The summed E-state index contributed by atoms with van der Waals surface area (Å²) >= 11 is 9.35. The normalized spacial score (nSPS) is 16.1. The van der Waals surface area contributed by atoms with Crippen molar-refractivity contribution in [3.8, 4) is 5.75 Å². The predicted octanol–water partition coefficient (Wildman–Crippen LogP) is 6.14. The quantitative estimate of drug-likeness (QED) is 0.188. The number of hydrogen-bond donors (Lipinski definition) is 1. The Balaban J connectivity index is 1.34. The standard InChI is InChI=1S/C29H25BrClN3O4S/c30-22-10-7-20(8-11-22)19-38-28-16-9-21-4-1-2-5-25(21)26(28)18-32-33-29(35)27-6-3-17-34(27)39(36,37)24-14-12-23(31)13-15-24/h1-2,4-5,7-16,18,27H,3,6,17,19H2,(H,33,35)/b32-18-/t27-/m1/s1. The second kappa shape index (κ2) is 11.9. The van der Waals surface area contributed by atoms with Crippen LogP contribution in [0.1, 0.15) is 24.0 Å². The fraction of sp³-hybridized carbons (Fsp3) is 0.172. The Hall–Kier alpha value is -3.24. The Morgan fingerprint density at radius 1 is 1.05 bits per heavy atom. The average Bonchev–Trinajstić information content (AvgIpc) is 3.45. The number of benzene rings is 4. The van der Waals surface area contributed by atoms with E-state index < -0.39 is 22.0 Å². The highest BCUT2D eigenvalue weighted by molar-refractivity contribution is 9.10. The topological polar surface area (TPSA) is 88.1 Å². The SMILES string of the molecule is O=C(N/N=C\c1c(OCc2ccc(Br)cc2)ccc2ccccc12)[C@H]1CCCN1S(=O)(=O)c1ccc(Cl)cc1. The summed E-state index contributed by atoms with van der Waals surface area (Å²) in [6.45, 7) is 0.614. The first-order valence-corrected chi connectivity index (χ1v) is 14.9. The van der Waals surface area contributed by atoms with E-state index in [0.29, 0.717) is 35.8 Å². The van der Waals surface area contributed by atoms with Gasteiger partial charge in [-0.05, 0) is 71.6 Å². The first kappa shape index (κ1) is 27.3. The van der Waals surface area contributed by atoms with Crippen LogP contribution in [0.5, 0.6) is 5.75 Å². The molecule has 1 aliphatic heterocycles. The Labute approximate surface area is 240 Å². The second-order valence-corrected chi connectivity index (χ2v) is 12.3. The lowest BCUT2D eigenvalue weighted by molar-refractivity contribution is -0.124. The number of hydrogen-bond acceptors (Lipinski definition) is 5. The van der Waals surface area contributed by atoms with Crippen LogP contribution in [-0.2, 0) is 21.4 Å². The highest BCUT2D eigenvalue weighted by Gasteiger charge is 2.39. The van der Waals surface area contributed by atoms with Crippen molar-refractivity contribution in [1.29, 1.82) is 0 Å². The lowest BCUT2D eigenvalue weighted by Crippen LogP contribution is -2.44. The van der Waals surface area contributed by atoms with Crippen LogP contribution in [0.15, 0.2) is 99.4 Å². The van der Waals surface area contributed by atoms with Crippen LogP contribution < -0.4 is 10.2 Å². The summed E-state index contributed by atoms with van der Waals surface area (Å²) in [6, 6.07) is 24.6. The van der Waals surface area contributed by atoms with Gasteiger partial charge in [0.25, 0.3) is 5.91 Å². The van der Waals surface area contributed by atoms with Crippen molar-refractivity contribution < 1.29 is 17.9 Å². The highest BCUT2D eigenvalue weighted by atomic mass is 79.9. The first-order chi connectivity index (χ1) is 18.8. The lowest BCUT2D eigenvalue weighted by Gasteiger charge is -2.22. The maximum absolute atomic E-state index is 13.2. The lowest BCUT2D eigenvalue weighted by atomic mass is 10.0. The van der Waals surface area contributed by atoms with Gasteiger partial charge in [0.2, 0.25) is 10.0 Å². The van der Waals surface area contributed by atoms with Gasteiger partial charge in [-0.15, -0.1) is 0 Å². The van der Waals surface area contributed by atoms with Crippen molar-refractivity contribution in [3.63, 3.8) is 0 Å². The number of carbonyl (C=O) groups is 1. The zero-order valence-corrected chi connectivity index (χ0v) is 23.9. The summed E-state index contributed by atoms with van der Waals surface area (Å²) in [5, 5.41) is 6.56. The molecular weight excluding hydrogens is 602 g/mol. The molecule has 10 heteroatoms. The van der Waals surface area contributed by atoms with Crippen molar-refractivity contribution in [2.24, 2.45) is 5.10 Å². The zero-order valence-electron chi connectivity index (χ0n) is 20.8. The Kier molecular flexibility index (Phi) is 8.32. The summed E-state index contributed by atoms with van der Waals surface area (Å²) in [5.41, 5.74) is 4.27. The molecule has 0 aromatic heterocycles. The molecule has 1 fully saturated rings. The van der Waals surface area contributed by atoms with Crippen LogP contribution in [0.4, 0.5) is 0 Å². The number of sulfonamides is 1. The third-order valence-electron chi connectivity index (χ3n) is 6.53. The molecule has 0 spiro atoms. The number of nitrogens with one attached hydrogen (secondary N) is 1. The van der Waals surface area contributed by atoms with Crippen molar-refractivity contribution in [3.05, 3.63) is 106 Å². The minimum atomic E-state index is -3.86. The third kappa shape index (κ3) is 6.17. The number of ether oxygens (including phenoxy) is 1. The molecule has 39 heavy (non-hydrogen) atoms. The van der Waals surface area contributed by atoms with Gasteiger partial charge in [-0.25, -0.2) is 13.8 Å². The van der Waals surface area contributed by atoms with Crippen molar-refractivity contribution >= 4 is 60.4 Å². The summed E-state index contributed by atoms with van der Waals surface area (Å²) in [5.74, 6) is 0.126. The number of fused-ring (bicyclic) bond motifs is 1. The molecule has 5 rings (SSSR count). The summed E-state index contributed by atoms with van der Waals surface area (Å²) in [6.07, 6.45) is 2.53. The summed E-state index contributed by atoms with van der Waals surface area (Å²) in [7, 11) is -3.86. The fourth-order valence-corrected chi connectivity index (χ4v) is 6.59. The molecule has 1 aliphatic rings. The zero-order chi connectivity index (χ0) is 27.4. The van der Waals surface area contributed by atoms with Gasteiger partial charge >= 0.3 is 0 Å². The molecule has 0 saturated carbocycles. The van der Waals surface area contributed by atoms with Crippen LogP contribution in [0.3, 0.4) is 0 Å². The van der Waals surface area contributed by atoms with E-state index in [4.69, 9.17) is 16.3 Å². The van der Waals surface area contributed by atoms with E-state index in [2.05, 4.69) is 26.5 Å². The maximum Gasteiger partial charge on any atom is 0.258 e. The molecule has 1 heterocycles. The minimum absolute atomic E-state index is 0.0958. The van der Waals surface area contributed by atoms with E-state index in [-0.39, 0.29) is 11.4 Å². The Morgan fingerprint density at radius 2 is 1.79 bits per heavy atom. The minimum Gasteiger partial charge on any atom is -0.488 e. The smallest absolute Gasteiger partial charge is 0.258 e. The second-order valence-electron chi connectivity index (χ2n) is 9.08. The van der Waals surface area contributed by atoms with E-state index >= 15 is 0 Å². The third-order valence-corrected chi connectivity index (χ3v) is 9.24. The van der Waals surface area contributed by atoms with Gasteiger partial charge < -0.3 is 4.74 Å². The molecular formula is C29H25BrClN3O4S. The van der Waals surface area contributed by atoms with Gasteiger partial charge in [-0.1, -0.05) is 70.0 Å². The molecule has 4 aromatic carbocycles. The maximum atomic E-state index is 13.2. The summed E-state index contributed by atoms with van der Waals surface area (Å²) in [4.78, 5) is 13.2. The van der Waals surface area contributed by atoms with Crippen LogP contribution in [-0.4, -0.2) is 37.4 Å². The number of carbonyl (C=O) groups excluding carboxylic acids is 1. The Bertz CT molecular complexity index is 1630.